The Kier molecular flexibility index (Phi) is 7.93. The number of carbonyl (C=O) groups is 2. The van der Waals surface area contributed by atoms with E-state index in [-0.39, 0.29) is 16.5 Å². The maximum atomic E-state index is 12.3. The predicted molar refractivity (Wildman–Crippen MR) is 109 cm³/mol. The Bertz CT molecular complexity index is 733. The van der Waals surface area contributed by atoms with Crippen LogP contribution in [-0.2, 0) is 0 Å². The lowest BCUT2D eigenvalue weighted by Gasteiger charge is -2.15. The lowest BCUT2D eigenvalue weighted by atomic mass is 10.1. The van der Waals surface area contributed by atoms with Crippen molar-refractivity contribution >= 4 is 39.0 Å². The van der Waals surface area contributed by atoms with Crippen LogP contribution in [0.15, 0.2) is 36.5 Å². The van der Waals surface area contributed by atoms with Gasteiger partial charge in [0.05, 0.1) is 6.17 Å². The first-order chi connectivity index (χ1) is 12.4. The number of benzene rings is 1. The molecule has 3 N–H and O–H groups in total. The Morgan fingerprint density at radius 3 is 2.54 bits per heavy atom. The fourth-order valence-electron chi connectivity index (χ4n) is 2.35. The second kappa shape index (κ2) is 9.94. The van der Waals surface area contributed by atoms with Gasteiger partial charge >= 0.3 is 0 Å². The molecule has 0 bridgehead atoms. The molecule has 0 aliphatic carbocycles. The van der Waals surface area contributed by atoms with Crippen LogP contribution in [0.2, 0.25) is 0 Å². The van der Waals surface area contributed by atoms with Gasteiger partial charge in [0.1, 0.15) is 0 Å². The number of ketones is 1. The summed E-state index contributed by atoms with van der Waals surface area (Å²) in [6, 6.07) is 8.96. The van der Waals surface area contributed by atoms with Gasteiger partial charge in [-0.25, -0.2) is 4.98 Å². The number of nitrogens with one attached hydrogen (secondary N) is 1. The number of rotatable bonds is 9. The van der Waals surface area contributed by atoms with Crippen LogP contribution in [0.3, 0.4) is 0 Å². The molecule has 26 heavy (non-hydrogen) atoms. The molecule has 1 amide bonds. The first kappa shape index (κ1) is 20.7. The molecule has 0 aliphatic heterocycles. The molecule has 1 aromatic heterocycles. The van der Waals surface area contributed by atoms with Crippen molar-refractivity contribution in [1.29, 1.82) is 0 Å². The van der Waals surface area contributed by atoms with Crippen molar-refractivity contribution in [3.05, 3.63) is 52.0 Å². The van der Waals surface area contributed by atoms with Gasteiger partial charge in [0.25, 0.3) is 5.91 Å². The molecular formula is C19H24BrN3O2S. The zero-order valence-corrected chi connectivity index (χ0v) is 17.3. The van der Waals surface area contributed by atoms with Crippen LogP contribution in [0.5, 0.6) is 0 Å². The minimum absolute atomic E-state index is 0.000998. The summed E-state index contributed by atoms with van der Waals surface area (Å²) in [5.74, 6) is 0.218. The van der Waals surface area contributed by atoms with E-state index in [0.29, 0.717) is 35.8 Å². The Labute approximate surface area is 166 Å². The van der Waals surface area contributed by atoms with Crippen molar-refractivity contribution in [2.75, 3.05) is 0 Å². The topological polar surface area (TPSA) is 85.1 Å². The van der Waals surface area contributed by atoms with Crippen molar-refractivity contribution in [3.8, 4) is 0 Å². The van der Waals surface area contributed by atoms with Crippen LogP contribution in [-0.4, -0.2) is 27.7 Å². The van der Waals surface area contributed by atoms with Gasteiger partial charge in [0.2, 0.25) is 0 Å². The number of halogens is 1. The van der Waals surface area contributed by atoms with Crippen LogP contribution in [0, 0.1) is 0 Å². The number of nitrogens with zero attached hydrogens (tertiary/aromatic N) is 1. The lowest BCUT2D eigenvalue weighted by molar-refractivity contribution is 0.0931. The minimum atomic E-state index is -0.453. The number of thiazole rings is 1. The maximum absolute atomic E-state index is 12.3. The second-order valence-corrected chi connectivity index (χ2v) is 8.83. The lowest BCUT2D eigenvalue weighted by Crippen LogP contribution is -2.41. The number of nitrogens with two attached hydrogens (primary N) is 1. The fraction of sp³-hybridized carbons (Fsp3) is 0.421. The third kappa shape index (κ3) is 6.30. The van der Waals surface area contributed by atoms with E-state index in [4.69, 9.17) is 5.73 Å². The van der Waals surface area contributed by atoms with Crippen molar-refractivity contribution in [2.24, 2.45) is 5.73 Å². The molecule has 0 spiro atoms. The molecule has 1 heterocycles. The highest BCUT2D eigenvalue weighted by atomic mass is 79.9. The summed E-state index contributed by atoms with van der Waals surface area (Å²) in [6.45, 7) is 4.17. The molecule has 0 fully saturated rings. The van der Waals surface area contributed by atoms with Gasteiger partial charge in [-0.15, -0.1) is 11.3 Å². The summed E-state index contributed by atoms with van der Waals surface area (Å²) in [4.78, 5) is 29.7. The number of carbonyl (C=O) groups excluding carboxylic acids is 2. The van der Waals surface area contributed by atoms with E-state index in [0.717, 1.165) is 4.88 Å². The Balaban J connectivity index is 1.76. The van der Waals surface area contributed by atoms with E-state index in [1.807, 2.05) is 18.2 Å². The molecule has 2 atom stereocenters. The van der Waals surface area contributed by atoms with Crippen molar-refractivity contribution < 1.29 is 9.59 Å². The Morgan fingerprint density at radius 2 is 1.92 bits per heavy atom. The van der Waals surface area contributed by atoms with Crippen LogP contribution in [0.25, 0.3) is 0 Å². The second-order valence-electron chi connectivity index (χ2n) is 6.47. The average molecular weight is 438 g/mol. The highest BCUT2D eigenvalue weighted by Crippen LogP contribution is 2.24. The van der Waals surface area contributed by atoms with Crippen molar-refractivity contribution in [1.82, 2.24) is 10.3 Å². The van der Waals surface area contributed by atoms with Gasteiger partial charge in [-0.2, -0.15) is 0 Å². The van der Waals surface area contributed by atoms with Crippen LogP contribution < -0.4 is 11.1 Å². The molecule has 5 nitrogen and oxygen atoms in total. The average Bonchev–Trinajstić information content (AvgIpc) is 3.11. The molecule has 140 valence electrons. The predicted octanol–water partition coefficient (Wildman–Crippen LogP) is 4.10. The zero-order chi connectivity index (χ0) is 19.1. The first-order valence-electron chi connectivity index (χ1n) is 8.61. The van der Waals surface area contributed by atoms with Crippen LogP contribution >= 0.6 is 27.3 Å². The summed E-state index contributed by atoms with van der Waals surface area (Å²) in [5.41, 5.74) is 6.57. The SMILES string of the molecule is CC(C)c1cnc(C(=O)CC(Br)CCC(N)NC(=O)c2ccccc2)s1. The molecular weight excluding hydrogens is 414 g/mol. The largest absolute Gasteiger partial charge is 0.337 e. The van der Waals surface area contributed by atoms with Crippen LogP contribution in [0.4, 0.5) is 0 Å². The minimum Gasteiger partial charge on any atom is -0.337 e. The standard InChI is InChI=1S/C19H24BrN3O2S/c1-12(2)16-11-22-19(26-16)15(24)10-14(20)8-9-17(21)23-18(25)13-6-4-3-5-7-13/h3-7,11-12,14,17H,8-10,21H2,1-2H3,(H,23,25). The molecule has 0 saturated carbocycles. The van der Waals surface area contributed by atoms with Gasteiger partial charge in [0.15, 0.2) is 10.8 Å². The highest BCUT2D eigenvalue weighted by Gasteiger charge is 2.18. The van der Waals surface area contributed by atoms with E-state index in [1.165, 1.54) is 11.3 Å². The van der Waals surface area contributed by atoms with Crippen LogP contribution in [0.1, 0.15) is 64.1 Å². The summed E-state index contributed by atoms with van der Waals surface area (Å²) in [5, 5.41) is 3.33. The fourth-order valence-corrected chi connectivity index (χ4v) is 3.77. The number of hydrogen-bond donors (Lipinski definition) is 2. The van der Waals surface area contributed by atoms with E-state index >= 15 is 0 Å². The summed E-state index contributed by atoms with van der Waals surface area (Å²) in [6.07, 6.45) is 2.96. The van der Waals surface area contributed by atoms with Gasteiger partial charge in [0, 0.05) is 27.9 Å². The number of amides is 1. The highest BCUT2D eigenvalue weighted by molar-refractivity contribution is 9.09. The monoisotopic (exact) mass is 437 g/mol. The summed E-state index contributed by atoms with van der Waals surface area (Å²) < 4.78 is 0. The van der Waals surface area contributed by atoms with Gasteiger partial charge < -0.3 is 11.1 Å². The van der Waals surface area contributed by atoms with E-state index in [9.17, 15) is 9.59 Å². The number of hydrogen-bond acceptors (Lipinski definition) is 5. The molecule has 2 unspecified atom stereocenters. The normalized spacial score (nSPS) is 13.4. The maximum Gasteiger partial charge on any atom is 0.252 e. The third-order valence-corrected chi connectivity index (χ3v) is 6.00. The Hall–Kier alpha value is -1.57. The number of aromatic nitrogens is 1. The smallest absolute Gasteiger partial charge is 0.252 e. The van der Waals surface area contributed by atoms with E-state index in [1.54, 1.807) is 18.3 Å². The van der Waals surface area contributed by atoms with E-state index < -0.39 is 6.17 Å². The molecule has 2 aromatic rings. The number of alkyl halides is 1. The molecule has 0 saturated heterocycles. The molecule has 7 heteroatoms. The summed E-state index contributed by atoms with van der Waals surface area (Å²) >= 11 is 5.00. The zero-order valence-electron chi connectivity index (χ0n) is 14.9. The first-order valence-corrected chi connectivity index (χ1v) is 10.3. The molecule has 0 aliphatic rings. The van der Waals surface area contributed by atoms with Gasteiger partial charge in [-0.3, -0.25) is 9.59 Å². The van der Waals surface area contributed by atoms with Gasteiger partial charge in [-0.1, -0.05) is 48.0 Å². The third-order valence-electron chi connectivity index (χ3n) is 3.88. The van der Waals surface area contributed by atoms with E-state index in [2.05, 4.69) is 40.1 Å². The molecule has 2 rings (SSSR count). The van der Waals surface area contributed by atoms with Crippen molar-refractivity contribution in [2.45, 2.75) is 50.0 Å². The Morgan fingerprint density at radius 1 is 1.23 bits per heavy atom. The number of Topliss-reactive ketones (excluding diaryl/α,β-unsaturated/α-hetero) is 1. The molecule has 0 radical (unpaired) electrons. The van der Waals surface area contributed by atoms with Crippen molar-refractivity contribution in [3.63, 3.8) is 0 Å². The van der Waals surface area contributed by atoms with Gasteiger partial charge in [-0.05, 0) is 30.9 Å². The quantitative estimate of drug-likeness (QED) is 0.351. The molecule has 1 aromatic carbocycles. The summed E-state index contributed by atoms with van der Waals surface area (Å²) in [7, 11) is 0.